The summed E-state index contributed by atoms with van der Waals surface area (Å²) in [6.45, 7) is -0.0224. The van der Waals surface area contributed by atoms with Gasteiger partial charge in [-0.05, 0) is 48.0 Å². The number of methoxy groups -OCH3 is 2. The number of nitrogens with zero attached hydrogens (tertiary/aromatic N) is 1. The van der Waals surface area contributed by atoms with Gasteiger partial charge in [-0.25, -0.2) is 12.8 Å². The third-order valence-corrected chi connectivity index (χ3v) is 6.31. The minimum Gasteiger partial charge on any atom is -0.497 e. The maximum absolute atomic E-state index is 14.4. The van der Waals surface area contributed by atoms with Crippen LogP contribution in [-0.2, 0) is 16.6 Å². The van der Waals surface area contributed by atoms with Gasteiger partial charge in [0.25, 0.3) is 10.0 Å². The van der Waals surface area contributed by atoms with Crippen molar-refractivity contribution in [3.63, 3.8) is 0 Å². The molecule has 3 aromatic carbocycles. The Balaban J connectivity index is 2.11. The molecule has 0 bridgehead atoms. The summed E-state index contributed by atoms with van der Waals surface area (Å²) in [5.74, 6) is 0.242. The molecule has 0 aliphatic rings. The van der Waals surface area contributed by atoms with Gasteiger partial charge in [0, 0.05) is 11.1 Å². The van der Waals surface area contributed by atoms with Gasteiger partial charge in [0.15, 0.2) is 0 Å². The van der Waals surface area contributed by atoms with Crippen LogP contribution < -0.4 is 13.8 Å². The summed E-state index contributed by atoms with van der Waals surface area (Å²) in [5.41, 5.74) is 1.03. The topological polar surface area (TPSA) is 55.8 Å². The second kappa shape index (κ2) is 8.71. The lowest BCUT2D eigenvalue weighted by molar-refractivity contribution is 0.414. The smallest absolute Gasteiger partial charge is 0.267 e. The number of hydrogen-bond donors (Lipinski definition) is 0. The van der Waals surface area contributed by atoms with E-state index in [1.54, 1.807) is 55.6 Å². The zero-order valence-electron chi connectivity index (χ0n) is 15.8. The fourth-order valence-electron chi connectivity index (χ4n) is 2.77. The van der Waals surface area contributed by atoms with E-state index in [0.717, 1.165) is 16.4 Å². The van der Waals surface area contributed by atoms with Crippen LogP contribution >= 0.6 is 11.6 Å². The predicted octanol–water partition coefficient (Wildman–Crippen LogP) is 4.89. The highest BCUT2D eigenvalue weighted by Crippen LogP contribution is 2.31. The van der Waals surface area contributed by atoms with Crippen LogP contribution in [0.5, 0.6) is 11.5 Å². The summed E-state index contributed by atoms with van der Waals surface area (Å²) in [6, 6.07) is 16.9. The first kappa shape index (κ1) is 21.0. The van der Waals surface area contributed by atoms with Crippen molar-refractivity contribution in [3.05, 3.63) is 83.1 Å². The molecule has 3 aromatic rings. The molecule has 0 heterocycles. The van der Waals surface area contributed by atoms with E-state index in [9.17, 15) is 12.8 Å². The van der Waals surface area contributed by atoms with Gasteiger partial charge in [0.2, 0.25) is 0 Å². The van der Waals surface area contributed by atoms with Gasteiger partial charge in [-0.1, -0.05) is 29.8 Å². The Morgan fingerprint density at radius 1 is 0.931 bits per heavy atom. The average Bonchev–Trinajstić information content (AvgIpc) is 2.74. The molecule has 0 radical (unpaired) electrons. The second-order valence-corrected chi connectivity index (χ2v) is 8.40. The Hall–Kier alpha value is -2.77. The van der Waals surface area contributed by atoms with Crippen molar-refractivity contribution in [1.29, 1.82) is 0 Å². The molecule has 0 aliphatic carbocycles. The van der Waals surface area contributed by atoms with Crippen LogP contribution in [-0.4, -0.2) is 22.6 Å². The molecule has 3 rings (SSSR count). The summed E-state index contributed by atoms with van der Waals surface area (Å²) in [4.78, 5) is -0.499. The van der Waals surface area contributed by atoms with Crippen LogP contribution in [0.4, 0.5) is 10.1 Å². The van der Waals surface area contributed by atoms with Crippen molar-refractivity contribution in [2.75, 3.05) is 18.5 Å². The number of rotatable bonds is 7. The summed E-state index contributed by atoms with van der Waals surface area (Å²) in [6.07, 6.45) is 0. The minimum atomic E-state index is -4.26. The molecule has 29 heavy (non-hydrogen) atoms. The maximum Gasteiger partial charge on any atom is 0.267 e. The van der Waals surface area contributed by atoms with Crippen LogP contribution in [0.3, 0.4) is 0 Å². The zero-order chi connectivity index (χ0) is 21.0. The van der Waals surface area contributed by atoms with E-state index in [-0.39, 0.29) is 11.6 Å². The minimum absolute atomic E-state index is 0.0224. The zero-order valence-corrected chi connectivity index (χ0v) is 17.4. The van der Waals surface area contributed by atoms with Gasteiger partial charge in [-0.15, -0.1) is 0 Å². The number of hydrogen-bond acceptors (Lipinski definition) is 4. The van der Waals surface area contributed by atoms with Gasteiger partial charge in [-0.3, -0.25) is 4.31 Å². The van der Waals surface area contributed by atoms with E-state index in [4.69, 9.17) is 21.1 Å². The highest BCUT2D eigenvalue weighted by Gasteiger charge is 2.29. The fraction of sp³-hybridized carbons (Fsp3) is 0.143. The van der Waals surface area contributed by atoms with E-state index < -0.39 is 20.7 Å². The molecule has 0 aliphatic heterocycles. The lowest BCUT2D eigenvalue weighted by atomic mass is 10.2. The van der Waals surface area contributed by atoms with Crippen LogP contribution in [0.1, 0.15) is 5.56 Å². The monoisotopic (exact) mass is 435 g/mol. The number of sulfonamides is 1. The van der Waals surface area contributed by atoms with Gasteiger partial charge in [-0.2, -0.15) is 0 Å². The predicted molar refractivity (Wildman–Crippen MR) is 111 cm³/mol. The summed E-state index contributed by atoms with van der Waals surface area (Å²) in [5, 5.41) is 0.125. The average molecular weight is 436 g/mol. The Morgan fingerprint density at radius 3 is 2.28 bits per heavy atom. The number of ether oxygens (including phenoxy) is 2. The highest BCUT2D eigenvalue weighted by atomic mass is 35.5. The molecular formula is C21H19ClFNO4S. The SMILES string of the molecule is COc1ccc(CN(c2cccc(OC)c2)S(=O)(=O)c2cc(Cl)ccc2F)cc1. The first-order chi connectivity index (χ1) is 13.8. The number of anilines is 1. The molecule has 0 saturated carbocycles. The van der Waals surface area contributed by atoms with E-state index in [1.807, 2.05) is 0 Å². The third kappa shape index (κ3) is 4.63. The quantitative estimate of drug-likeness (QED) is 0.530. The van der Waals surface area contributed by atoms with E-state index in [2.05, 4.69) is 0 Å². The van der Waals surface area contributed by atoms with Crippen molar-refractivity contribution in [2.45, 2.75) is 11.4 Å². The summed E-state index contributed by atoms with van der Waals surface area (Å²) < 4.78 is 52.7. The normalized spacial score (nSPS) is 11.2. The molecule has 152 valence electrons. The van der Waals surface area contributed by atoms with Crippen LogP contribution in [0.2, 0.25) is 5.02 Å². The molecule has 5 nitrogen and oxygen atoms in total. The third-order valence-electron chi connectivity index (χ3n) is 4.29. The van der Waals surface area contributed by atoms with Crippen molar-refractivity contribution < 1.29 is 22.3 Å². The number of benzene rings is 3. The van der Waals surface area contributed by atoms with Crippen molar-refractivity contribution in [1.82, 2.24) is 0 Å². The Bertz CT molecular complexity index is 1100. The van der Waals surface area contributed by atoms with Crippen LogP contribution in [0.15, 0.2) is 71.6 Å². The first-order valence-electron chi connectivity index (χ1n) is 8.60. The molecule has 0 spiro atoms. The van der Waals surface area contributed by atoms with Gasteiger partial charge >= 0.3 is 0 Å². The van der Waals surface area contributed by atoms with Crippen molar-refractivity contribution in [3.8, 4) is 11.5 Å². The molecular weight excluding hydrogens is 417 g/mol. The molecule has 0 unspecified atom stereocenters. The molecule has 0 saturated heterocycles. The number of halogens is 2. The molecule has 0 atom stereocenters. The van der Waals surface area contributed by atoms with Crippen molar-refractivity contribution >= 4 is 27.3 Å². The maximum atomic E-state index is 14.4. The molecule has 0 N–H and O–H groups in total. The Labute approximate surface area is 174 Å². The van der Waals surface area contributed by atoms with Gasteiger partial charge in [0.1, 0.15) is 22.2 Å². The standard InChI is InChI=1S/C21H19ClFNO4S/c1-27-18-9-6-15(7-10-18)14-24(17-4-3-5-19(13-17)28-2)29(25,26)21-12-16(22)8-11-20(21)23/h3-13H,14H2,1-2H3. The molecule has 0 fully saturated rings. The molecule has 0 aromatic heterocycles. The lowest BCUT2D eigenvalue weighted by Gasteiger charge is -2.25. The largest absolute Gasteiger partial charge is 0.497 e. The summed E-state index contributed by atoms with van der Waals surface area (Å²) >= 11 is 5.93. The Kier molecular flexibility index (Phi) is 6.30. The van der Waals surface area contributed by atoms with Gasteiger partial charge in [0.05, 0.1) is 26.5 Å². The Morgan fingerprint density at radius 2 is 1.62 bits per heavy atom. The second-order valence-electron chi connectivity index (χ2n) is 6.14. The van der Waals surface area contributed by atoms with Crippen LogP contribution in [0, 0.1) is 5.82 Å². The first-order valence-corrected chi connectivity index (χ1v) is 10.4. The van der Waals surface area contributed by atoms with E-state index in [1.165, 1.54) is 13.2 Å². The van der Waals surface area contributed by atoms with Crippen LogP contribution in [0.25, 0.3) is 0 Å². The molecule has 0 amide bonds. The molecule has 8 heteroatoms. The van der Waals surface area contributed by atoms with Gasteiger partial charge < -0.3 is 9.47 Å². The van der Waals surface area contributed by atoms with E-state index >= 15 is 0 Å². The summed E-state index contributed by atoms with van der Waals surface area (Å²) in [7, 11) is -1.23. The van der Waals surface area contributed by atoms with E-state index in [0.29, 0.717) is 22.7 Å². The fourth-order valence-corrected chi connectivity index (χ4v) is 4.55. The lowest BCUT2D eigenvalue weighted by Crippen LogP contribution is -2.31. The van der Waals surface area contributed by atoms with Crippen molar-refractivity contribution in [2.24, 2.45) is 0 Å². The highest BCUT2D eigenvalue weighted by molar-refractivity contribution is 7.92.